The summed E-state index contributed by atoms with van der Waals surface area (Å²) in [4.78, 5) is 34.2. The van der Waals surface area contributed by atoms with E-state index in [1.807, 2.05) is 21.2 Å². The first kappa shape index (κ1) is 19.9. The number of thiophene rings is 1. The summed E-state index contributed by atoms with van der Waals surface area (Å²) in [5.74, 6) is -0.624. The number of hydrogen-bond donors (Lipinski definition) is 0. The second-order valence-corrected chi connectivity index (χ2v) is 8.87. The average molecular weight is 436 g/mol. The Morgan fingerprint density at radius 1 is 1.03 bits per heavy atom. The van der Waals surface area contributed by atoms with Gasteiger partial charge >= 0.3 is 0 Å². The Balaban J connectivity index is 1.43. The zero-order chi connectivity index (χ0) is 21.4. The van der Waals surface area contributed by atoms with Crippen molar-refractivity contribution in [2.45, 2.75) is 18.4 Å². The van der Waals surface area contributed by atoms with E-state index in [1.165, 1.54) is 11.6 Å². The molecule has 0 aliphatic carbocycles. The molecular formula is C24H22FN3O2S. The van der Waals surface area contributed by atoms with Crippen LogP contribution in [0.2, 0.25) is 0 Å². The fourth-order valence-corrected chi connectivity index (χ4v) is 5.66. The van der Waals surface area contributed by atoms with E-state index in [0.717, 1.165) is 0 Å². The molecule has 3 aromatic rings. The van der Waals surface area contributed by atoms with Crippen molar-refractivity contribution in [1.29, 1.82) is 0 Å². The number of nitrogens with zero attached hydrogens (tertiary/aromatic N) is 3. The molecule has 1 aromatic carbocycles. The minimum absolute atomic E-state index is 0.0233. The number of amides is 2. The Hall–Kier alpha value is -3.06. The van der Waals surface area contributed by atoms with Gasteiger partial charge in [-0.3, -0.25) is 14.6 Å². The molecule has 4 heterocycles. The van der Waals surface area contributed by atoms with E-state index in [9.17, 15) is 14.0 Å². The Labute approximate surface area is 184 Å². The Morgan fingerprint density at radius 2 is 1.87 bits per heavy atom. The van der Waals surface area contributed by atoms with Crippen LogP contribution in [0, 0.1) is 11.7 Å². The number of benzene rings is 1. The first-order valence-corrected chi connectivity index (χ1v) is 11.4. The fraction of sp³-hybridized carbons (Fsp3) is 0.292. The molecule has 2 saturated heterocycles. The summed E-state index contributed by atoms with van der Waals surface area (Å²) in [6.07, 6.45) is 2.29. The second-order valence-electron chi connectivity index (χ2n) is 8.09. The maximum Gasteiger partial charge on any atom is 0.272 e. The third-order valence-electron chi connectivity index (χ3n) is 6.44. The van der Waals surface area contributed by atoms with Gasteiger partial charge in [-0.2, -0.15) is 11.3 Å². The Morgan fingerprint density at radius 3 is 2.61 bits per heavy atom. The molecular weight excluding hydrogens is 413 g/mol. The molecule has 0 unspecified atom stereocenters. The molecule has 0 radical (unpaired) electrons. The summed E-state index contributed by atoms with van der Waals surface area (Å²) in [6.45, 7) is 1.64. The van der Waals surface area contributed by atoms with E-state index in [1.54, 1.807) is 47.9 Å². The number of carbonyl (C=O) groups is 2. The maximum absolute atomic E-state index is 14.3. The highest BCUT2D eigenvalue weighted by atomic mass is 32.1. The minimum Gasteiger partial charge on any atom is -0.337 e. The predicted octanol–water partition coefficient (Wildman–Crippen LogP) is 4.05. The van der Waals surface area contributed by atoms with Gasteiger partial charge in [0.1, 0.15) is 11.5 Å². The molecule has 0 bridgehead atoms. The number of fused-ring (bicyclic) bond motifs is 1. The number of aromatic nitrogens is 1. The van der Waals surface area contributed by atoms with Gasteiger partial charge in [-0.1, -0.05) is 18.2 Å². The highest BCUT2D eigenvalue weighted by molar-refractivity contribution is 7.08. The first-order valence-electron chi connectivity index (χ1n) is 10.4. The molecule has 5 nitrogen and oxygen atoms in total. The minimum atomic E-state index is -0.495. The zero-order valence-electron chi connectivity index (χ0n) is 16.9. The third kappa shape index (κ3) is 3.63. The van der Waals surface area contributed by atoms with Crippen LogP contribution in [0.25, 0.3) is 0 Å². The largest absolute Gasteiger partial charge is 0.337 e. The molecule has 2 aliphatic rings. The van der Waals surface area contributed by atoms with E-state index < -0.39 is 5.82 Å². The van der Waals surface area contributed by atoms with E-state index in [2.05, 4.69) is 16.4 Å². The smallest absolute Gasteiger partial charge is 0.272 e. The number of hydrogen-bond acceptors (Lipinski definition) is 4. The van der Waals surface area contributed by atoms with E-state index in [-0.39, 0.29) is 35.3 Å². The first-order chi connectivity index (χ1) is 15.1. The molecule has 0 N–H and O–H groups in total. The van der Waals surface area contributed by atoms with E-state index in [0.29, 0.717) is 31.7 Å². The number of piperidine rings is 1. The van der Waals surface area contributed by atoms with Crippen LogP contribution in [-0.2, 0) is 0 Å². The fourth-order valence-electron chi connectivity index (χ4n) is 4.93. The molecule has 0 saturated carbocycles. The number of halogens is 1. The van der Waals surface area contributed by atoms with Crippen molar-refractivity contribution < 1.29 is 14.0 Å². The van der Waals surface area contributed by atoms with E-state index in [4.69, 9.17) is 0 Å². The topological polar surface area (TPSA) is 53.5 Å². The highest BCUT2D eigenvalue weighted by Crippen LogP contribution is 2.43. The maximum atomic E-state index is 14.3. The summed E-state index contributed by atoms with van der Waals surface area (Å²) in [6, 6.07) is 13.5. The normalized spacial score (nSPS) is 22.9. The van der Waals surface area contributed by atoms with Gasteiger partial charge in [0, 0.05) is 43.7 Å². The van der Waals surface area contributed by atoms with Gasteiger partial charge in [-0.25, -0.2) is 4.39 Å². The van der Waals surface area contributed by atoms with Crippen LogP contribution in [0.3, 0.4) is 0 Å². The molecule has 2 fully saturated rings. The quantitative estimate of drug-likeness (QED) is 0.624. The van der Waals surface area contributed by atoms with Crippen LogP contribution in [0.1, 0.15) is 38.7 Å². The van der Waals surface area contributed by atoms with Crippen molar-refractivity contribution in [3.05, 3.63) is 88.1 Å². The number of likely N-dealkylation sites (tertiary alicyclic amines) is 2. The summed E-state index contributed by atoms with van der Waals surface area (Å²) in [7, 11) is 0. The van der Waals surface area contributed by atoms with Gasteiger partial charge in [0.25, 0.3) is 11.8 Å². The van der Waals surface area contributed by atoms with Crippen molar-refractivity contribution in [3.63, 3.8) is 0 Å². The SMILES string of the molecule is O=C(c1ccccn1)N1CC[C@@H]2[C@H](C1)[C@@H](c1ccsc1)CN2C(=O)c1ccccc1F. The lowest BCUT2D eigenvalue weighted by atomic mass is 9.82. The average Bonchev–Trinajstić information content (AvgIpc) is 3.46. The van der Waals surface area contributed by atoms with E-state index >= 15 is 0 Å². The summed E-state index contributed by atoms with van der Waals surface area (Å²) >= 11 is 1.62. The van der Waals surface area contributed by atoms with Crippen molar-refractivity contribution in [2.24, 2.45) is 5.92 Å². The molecule has 3 atom stereocenters. The molecule has 31 heavy (non-hydrogen) atoms. The van der Waals surface area contributed by atoms with Crippen LogP contribution in [0.15, 0.2) is 65.5 Å². The highest BCUT2D eigenvalue weighted by Gasteiger charge is 2.48. The standard InChI is InChI=1S/C24H22FN3O2S/c25-20-6-2-1-5-17(20)23(29)28-14-18(16-9-12-31-15-16)19-13-27(11-8-22(19)28)24(30)21-7-3-4-10-26-21/h1-7,9-10,12,15,18-19,22H,8,11,13-14H2/t18-,19-,22-/m1/s1. The lowest BCUT2D eigenvalue weighted by molar-refractivity contribution is 0.0528. The van der Waals surface area contributed by atoms with Crippen LogP contribution >= 0.6 is 11.3 Å². The van der Waals surface area contributed by atoms with Gasteiger partial charge in [-0.05, 0) is 53.1 Å². The summed E-state index contributed by atoms with van der Waals surface area (Å²) in [5, 5.41) is 4.14. The molecule has 2 aromatic heterocycles. The molecule has 2 amide bonds. The van der Waals surface area contributed by atoms with Crippen molar-refractivity contribution in [3.8, 4) is 0 Å². The second kappa shape index (κ2) is 8.23. The number of rotatable bonds is 3. The zero-order valence-corrected chi connectivity index (χ0v) is 17.7. The van der Waals surface area contributed by atoms with Gasteiger partial charge in [-0.15, -0.1) is 0 Å². The lowest BCUT2D eigenvalue weighted by Crippen LogP contribution is -2.50. The monoisotopic (exact) mass is 435 g/mol. The Bertz CT molecular complexity index is 1090. The van der Waals surface area contributed by atoms with Gasteiger partial charge < -0.3 is 9.80 Å². The number of carbonyl (C=O) groups excluding carboxylic acids is 2. The molecule has 158 valence electrons. The Kier molecular flexibility index (Phi) is 5.28. The van der Waals surface area contributed by atoms with Crippen molar-refractivity contribution in [2.75, 3.05) is 19.6 Å². The lowest BCUT2D eigenvalue weighted by Gasteiger charge is -2.38. The van der Waals surface area contributed by atoms with Crippen molar-refractivity contribution in [1.82, 2.24) is 14.8 Å². The van der Waals surface area contributed by atoms with Crippen LogP contribution in [0.4, 0.5) is 4.39 Å². The molecule has 2 aliphatic heterocycles. The van der Waals surface area contributed by atoms with Gasteiger partial charge in [0.15, 0.2) is 0 Å². The third-order valence-corrected chi connectivity index (χ3v) is 7.14. The molecule has 7 heteroatoms. The molecule has 5 rings (SSSR count). The van der Waals surface area contributed by atoms with Crippen LogP contribution < -0.4 is 0 Å². The number of pyridine rings is 1. The van der Waals surface area contributed by atoms with Gasteiger partial charge in [0.2, 0.25) is 0 Å². The van der Waals surface area contributed by atoms with Crippen molar-refractivity contribution >= 4 is 23.2 Å². The van der Waals surface area contributed by atoms with Crippen LogP contribution in [-0.4, -0.2) is 52.3 Å². The molecule has 0 spiro atoms. The van der Waals surface area contributed by atoms with Gasteiger partial charge in [0.05, 0.1) is 5.56 Å². The summed E-state index contributed by atoms with van der Waals surface area (Å²) in [5.41, 5.74) is 1.72. The predicted molar refractivity (Wildman–Crippen MR) is 117 cm³/mol. The van der Waals surface area contributed by atoms with Crippen LogP contribution in [0.5, 0.6) is 0 Å². The summed E-state index contributed by atoms with van der Waals surface area (Å²) < 4.78 is 14.3.